The van der Waals surface area contributed by atoms with Crippen molar-refractivity contribution in [3.63, 3.8) is 0 Å². The van der Waals surface area contributed by atoms with Crippen molar-refractivity contribution in [2.24, 2.45) is 0 Å². The maximum absolute atomic E-state index is 2.63. The van der Waals surface area contributed by atoms with Crippen LogP contribution in [-0.2, 0) is 10.8 Å². The van der Waals surface area contributed by atoms with Crippen molar-refractivity contribution in [1.29, 1.82) is 0 Å². The Morgan fingerprint density at radius 3 is 1.09 bits per heavy atom. The zero-order chi connectivity index (χ0) is 46.4. The third-order valence-electron chi connectivity index (χ3n) is 14.6. The van der Waals surface area contributed by atoms with Gasteiger partial charge in [0.15, 0.2) is 0 Å². The summed E-state index contributed by atoms with van der Waals surface area (Å²) in [5.41, 5.74) is 19.5. The number of para-hydroxylation sites is 4. The van der Waals surface area contributed by atoms with E-state index >= 15 is 0 Å². The van der Waals surface area contributed by atoms with Gasteiger partial charge in [-0.05, 0) is 120 Å². The maximum atomic E-state index is 2.63. The molecule has 0 fully saturated rings. The number of rotatable bonds is 6. The summed E-state index contributed by atoms with van der Waals surface area (Å²) in [6.07, 6.45) is 0. The largest absolute Gasteiger partial charge is 0.310 e. The van der Waals surface area contributed by atoms with Gasteiger partial charge < -0.3 is 18.6 Å². The third-order valence-corrected chi connectivity index (χ3v) is 14.6. The molecule has 4 aromatic heterocycles. The van der Waals surface area contributed by atoms with E-state index in [1.165, 1.54) is 110 Å². The van der Waals surface area contributed by atoms with Crippen molar-refractivity contribution >= 4 is 110 Å². The minimum absolute atomic E-state index is 0.104. The highest BCUT2D eigenvalue weighted by molar-refractivity contribution is 6.32. The molecule has 0 atom stereocenters. The van der Waals surface area contributed by atoms with Gasteiger partial charge in [0.25, 0.3) is 0 Å². The average Bonchev–Trinajstić information content (AvgIpc) is 4.05. The second-order valence-corrected chi connectivity index (χ2v) is 21.2. The van der Waals surface area contributed by atoms with E-state index in [-0.39, 0.29) is 10.8 Å². The van der Waals surface area contributed by atoms with Gasteiger partial charge in [0.1, 0.15) is 0 Å². The van der Waals surface area contributed by atoms with Crippen molar-refractivity contribution in [1.82, 2.24) is 8.80 Å². The molecule has 0 N–H and O–H groups in total. The molecule has 0 saturated heterocycles. The number of benzene rings is 9. The molecular weight excluding hydrogens is 825 g/mol. The lowest BCUT2D eigenvalue weighted by Gasteiger charge is -2.27. The van der Waals surface area contributed by atoms with Crippen molar-refractivity contribution in [3.05, 3.63) is 204 Å². The van der Waals surface area contributed by atoms with Crippen molar-refractivity contribution in [3.8, 4) is 0 Å². The topological polar surface area (TPSA) is 15.3 Å². The first-order valence-corrected chi connectivity index (χ1v) is 24.1. The molecule has 0 bridgehead atoms. The number of anilines is 6. The molecule has 68 heavy (non-hydrogen) atoms. The lowest BCUT2D eigenvalue weighted by molar-refractivity contribution is 0.594. The van der Waals surface area contributed by atoms with E-state index in [1.807, 2.05) is 0 Å². The Morgan fingerprint density at radius 1 is 0.324 bits per heavy atom. The van der Waals surface area contributed by atoms with Gasteiger partial charge in [-0.25, -0.2) is 0 Å². The molecule has 4 heteroatoms. The summed E-state index contributed by atoms with van der Waals surface area (Å²) in [7, 11) is 0. The summed E-state index contributed by atoms with van der Waals surface area (Å²) in [6.45, 7) is 18.5. The van der Waals surface area contributed by atoms with Crippen LogP contribution in [0.2, 0.25) is 0 Å². The second-order valence-electron chi connectivity index (χ2n) is 21.2. The monoisotopic (exact) mass is 878 g/mol. The number of aryl methyl sites for hydroxylation is 2. The molecular formula is C64H54N4. The summed E-state index contributed by atoms with van der Waals surface area (Å²) >= 11 is 0. The fourth-order valence-electron chi connectivity index (χ4n) is 11.8. The first kappa shape index (κ1) is 40.5. The lowest BCUT2D eigenvalue weighted by Crippen LogP contribution is -2.12. The van der Waals surface area contributed by atoms with Crippen molar-refractivity contribution in [2.75, 3.05) is 9.80 Å². The Labute approximate surface area is 397 Å². The standard InChI is InChI=1S/C64H54N4/c1-39-19-15-25-43(35-39)65(41-21-11-9-12-22-41)53-33-31-45-49-37-56-50(38-55(49)67-59-47(57(53)61(45)67)27-17-29-51(59)63(3,4)5)46-32-34-54(66(42-23-13-10-14-24-42)44-26-16-20-40(2)36-44)58-48-28-18-30-52(64(6,7)8)60(48)68(56)62(46)58/h9-38H,1-8H3. The van der Waals surface area contributed by atoms with E-state index in [2.05, 4.69) is 256 Å². The number of fused-ring (bicyclic) bond motifs is 12. The summed E-state index contributed by atoms with van der Waals surface area (Å²) in [5, 5.41) is 10.2. The quantitative estimate of drug-likeness (QED) is 0.165. The first-order valence-electron chi connectivity index (χ1n) is 24.1. The highest BCUT2D eigenvalue weighted by Gasteiger charge is 2.31. The van der Waals surface area contributed by atoms with E-state index in [1.54, 1.807) is 0 Å². The molecule has 330 valence electrons. The van der Waals surface area contributed by atoms with Crippen LogP contribution < -0.4 is 9.80 Å². The second kappa shape index (κ2) is 14.3. The summed E-state index contributed by atoms with van der Waals surface area (Å²) in [4.78, 5) is 4.92. The van der Waals surface area contributed by atoms with Gasteiger partial charge in [0, 0.05) is 65.8 Å². The van der Waals surface area contributed by atoms with Gasteiger partial charge in [0.05, 0.1) is 44.5 Å². The van der Waals surface area contributed by atoms with E-state index < -0.39 is 0 Å². The van der Waals surface area contributed by atoms with E-state index in [0.717, 1.165) is 22.7 Å². The van der Waals surface area contributed by atoms with Crippen molar-refractivity contribution in [2.45, 2.75) is 66.2 Å². The van der Waals surface area contributed by atoms with Crippen LogP contribution in [0.15, 0.2) is 182 Å². The summed E-state index contributed by atoms with van der Waals surface area (Å²) in [6, 6.07) is 68.2. The van der Waals surface area contributed by atoms with Gasteiger partial charge in [-0.2, -0.15) is 0 Å². The molecule has 0 aliphatic heterocycles. The van der Waals surface area contributed by atoms with Crippen LogP contribution in [0.3, 0.4) is 0 Å². The van der Waals surface area contributed by atoms with Crippen LogP contribution in [0.5, 0.6) is 0 Å². The number of hydrogen-bond acceptors (Lipinski definition) is 2. The van der Waals surface area contributed by atoms with Crippen LogP contribution in [0.1, 0.15) is 63.8 Å². The molecule has 0 aliphatic rings. The molecule has 0 saturated carbocycles. The highest BCUT2D eigenvalue weighted by atomic mass is 15.2. The van der Waals surface area contributed by atoms with Crippen LogP contribution in [-0.4, -0.2) is 8.80 Å². The molecule has 4 heterocycles. The molecule has 4 nitrogen and oxygen atoms in total. The van der Waals surface area contributed by atoms with E-state index in [4.69, 9.17) is 0 Å². The van der Waals surface area contributed by atoms with Crippen LogP contribution in [0.25, 0.3) is 76.2 Å². The fourth-order valence-corrected chi connectivity index (χ4v) is 11.8. The number of aromatic nitrogens is 2. The number of hydrogen-bond donors (Lipinski definition) is 0. The Balaban J connectivity index is 1.19. The Bertz CT molecular complexity index is 3850. The first-order chi connectivity index (χ1) is 32.9. The average molecular weight is 879 g/mol. The number of nitrogens with zero attached hydrogens (tertiary/aromatic N) is 4. The van der Waals surface area contributed by atoms with Crippen LogP contribution in [0, 0.1) is 13.8 Å². The minimum Gasteiger partial charge on any atom is -0.310 e. The van der Waals surface area contributed by atoms with Gasteiger partial charge >= 0.3 is 0 Å². The smallest absolute Gasteiger partial charge is 0.0641 e. The SMILES string of the molecule is Cc1cccc(N(c2ccccc2)c2ccc3c4cc5c(cc4n4c6c(C(C)(C)C)cccc6c2c34)c2ccc(N(c3ccccc3)c3cccc(C)c3)c3c4cccc(C(C)(C)C)c4n5c23)c1. The molecule has 0 aliphatic carbocycles. The predicted octanol–water partition coefficient (Wildman–Crippen LogP) is 18.1. The zero-order valence-electron chi connectivity index (χ0n) is 40.1. The molecule has 0 amide bonds. The van der Waals surface area contributed by atoms with E-state index in [0.29, 0.717) is 0 Å². The molecule has 13 aromatic rings. The van der Waals surface area contributed by atoms with Gasteiger partial charge in [-0.15, -0.1) is 0 Å². The minimum atomic E-state index is -0.104. The maximum Gasteiger partial charge on any atom is 0.0641 e. The Hall–Kier alpha value is -7.82. The van der Waals surface area contributed by atoms with Crippen molar-refractivity contribution < 1.29 is 0 Å². The van der Waals surface area contributed by atoms with Gasteiger partial charge in [-0.3, -0.25) is 0 Å². The zero-order valence-corrected chi connectivity index (χ0v) is 40.1. The van der Waals surface area contributed by atoms with Gasteiger partial charge in [0.2, 0.25) is 0 Å². The summed E-state index contributed by atoms with van der Waals surface area (Å²) in [5.74, 6) is 0. The molecule has 13 rings (SSSR count). The molecule has 9 aromatic carbocycles. The highest BCUT2D eigenvalue weighted by Crippen LogP contribution is 2.53. The van der Waals surface area contributed by atoms with Gasteiger partial charge in [-0.1, -0.05) is 151 Å². The Morgan fingerprint density at radius 2 is 0.706 bits per heavy atom. The van der Waals surface area contributed by atoms with Crippen LogP contribution >= 0.6 is 0 Å². The Kier molecular flexibility index (Phi) is 8.53. The molecule has 0 unspecified atom stereocenters. The normalized spacial score (nSPS) is 12.7. The third kappa shape index (κ3) is 5.73. The molecule has 0 radical (unpaired) electrons. The van der Waals surface area contributed by atoms with E-state index in [9.17, 15) is 0 Å². The molecule has 0 spiro atoms. The fraction of sp³-hybridized carbons (Fsp3) is 0.156. The lowest BCUT2D eigenvalue weighted by atomic mass is 9.85. The summed E-state index contributed by atoms with van der Waals surface area (Å²) < 4.78 is 5.26. The predicted molar refractivity (Wildman–Crippen MR) is 292 cm³/mol. The van der Waals surface area contributed by atoms with Crippen LogP contribution in [0.4, 0.5) is 34.1 Å².